The van der Waals surface area contributed by atoms with Gasteiger partial charge in [0.05, 0.1) is 6.26 Å². The van der Waals surface area contributed by atoms with Crippen LogP contribution in [0.5, 0.6) is 0 Å². The third kappa shape index (κ3) is 3.91. The van der Waals surface area contributed by atoms with Gasteiger partial charge >= 0.3 is 6.03 Å². The lowest BCUT2D eigenvalue weighted by molar-refractivity contribution is 0.154. The number of nitrogens with zero attached hydrogens (tertiary/aromatic N) is 3. The second kappa shape index (κ2) is 6.33. The van der Waals surface area contributed by atoms with E-state index in [1.165, 1.54) is 23.4 Å². The summed E-state index contributed by atoms with van der Waals surface area (Å²) in [5.74, 6) is 0. The van der Waals surface area contributed by atoms with Crippen molar-refractivity contribution in [3.63, 3.8) is 0 Å². The van der Waals surface area contributed by atoms with E-state index in [1.807, 2.05) is 0 Å². The molecule has 126 valence electrons. The number of amides is 2. The number of urea groups is 1. The molecule has 2 aliphatic heterocycles. The third-order valence-corrected chi connectivity index (χ3v) is 6.22. The van der Waals surface area contributed by atoms with Crippen LogP contribution in [0.15, 0.2) is 0 Å². The zero-order valence-corrected chi connectivity index (χ0v) is 14.0. The van der Waals surface area contributed by atoms with Crippen LogP contribution in [0.1, 0.15) is 25.7 Å². The highest BCUT2D eigenvalue weighted by atomic mass is 32.2. The molecular formula is C14H26N4O3S. The van der Waals surface area contributed by atoms with Gasteiger partial charge < -0.3 is 15.1 Å². The minimum Gasteiger partial charge on any atom is -0.335 e. The lowest BCUT2D eigenvalue weighted by Crippen LogP contribution is -2.55. The molecule has 0 aromatic rings. The summed E-state index contributed by atoms with van der Waals surface area (Å²) in [6, 6.07) is 1.02. The van der Waals surface area contributed by atoms with E-state index in [0.717, 1.165) is 32.0 Å². The number of rotatable bonds is 3. The predicted octanol–water partition coefficient (Wildman–Crippen LogP) is -0.1000. The Morgan fingerprint density at radius 1 is 0.955 bits per heavy atom. The van der Waals surface area contributed by atoms with Gasteiger partial charge in [-0.25, -0.2) is 13.2 Å². The Bertz CT molecular complexity index is 504. The van der Waals surface area contributed by atoms with Crippen molar-refractivity contribution in [3.8, 4) is 0 Å². The molecule has 3 aliphatic rings. The topological polar surface area (TPSA) is 73.0 Å². The van der Waals surface area contributed by atoms with E-state index >= 15 is 0 Å². The summed E-state index contributed by atoms with van der Waals surface area (Å²) < 4.78 is 24.4. The smallest absolute Gasteiger partial charge is 0.317 e. The first-order valence-electron chi connectivity index (χ1n) is 8.18. The van der Waals surface area contributed by atoms with Crippen LogP contribution in [0.25, 0.3) is 0 Å². The molecule has 3 rings (SSSR count). The SMILES string of the molecule is CS(=O)(=O)N1CCN(C(=O)NC2CCN(C3CC3)CC2)CC1. The lowest BCUT2D eigenvalue weighted by Gasteiger charge is -2.36. The average Bonchev–Trinajstić information content (AvgIpc) is 3.32. The molecule has 2 heterocycles. The number of hydrogen-bond acceptors (Lipinski definition) is 4. The molecule has 8 heteroatoms. The maximum absolute atomic E-state index is 12.3. The van der Waals surface area contributed by atoms with Crippen LogP contribution in [0.4, 0.5) is 4.79 Å². The first-order chi connectivity index (χ1) is 10.4. The van der Waals surface area contributed by atoms with Gasteiger partial charge in [-0.2, -0.15) is 4.31 Å². The van der Waals surface area contributed by atoms with Gasteiger partial charge in [-0.15, -0.1) is 0 Å². The zero-order valence-electron chi connectivity index (χ0n) is 13.2. The monoisotopic (exact) mass is 330 g/mol. The van der Waals surface area contributed by atoms with Crippen LogP contribution in [-0.2, 0) is 10.0 Å². The number of nitrogens with one attached hydrogen (secondary N) is 1. The van der Waals surface area contributed by atoms with Gasteiger partial charge in [0, 0.05) is 51.4 Å². The van der Waals surface area contributed by atoms with Crippen LogP contribution in [0.2, 0.25) is 0 Å². The molecule has 3 fully saturated rings. The molecule has 0 aromatic heterocycles. The highest BCUT2D eigenvalue weighted by Crippen LogP contribution is 2.29. The van der Waals surface area contributed by atoms with Gasteiger partial charge in [0.1, 0.15) is 0 Å². The molecular weight excluding hydrogens is 304 g/mol. The van der Waals surface area contributed by atoms with Crippen LogP contribution in [-0.4, -0.2) is 86.2 Å². The highest BCUT2D eigenvalue weighted by Gasteiger charge is 2.33. The molecule has 1 saturated carbocycles. The molecule has 1 N–H and O–H groups in total. The Labute approximate surface area is 132 Å². The van der Waals surface area contributed by atoms with Gasteiger partial charge in [0.15, 0.2) is 0 Å². The largest absolute Gasteiger partial charge is 0.335 e. The number of likely N-dealkylation sites (tertiary alicyclic amines) is 1. The fourth-order valence-electron chi connectivity index (χ4n) is 3.34. The van der Waals surface area contributed by atoms with Crippen molar-refractivity contribution in [2.24, 2.45) is 0 Å². The first-order valence-corrected chi connectivity index (χ1v) is 10.0. The van der Waals surface area contributed by atoms with Crippen molar-refractivity contribution in [3.05, 3.63) is 0 Å². The van der Waals surface area contributed by atoms with Crippen LogP contribution < -0.4 is 5.32 Å². The Morgan fingerprint density at radius 3 is 2.05 bits per heavy atom. The zero-order chi connectivity index (χ0) is 15.7. The van der Waals surface area contributed by atoms with Gasteiger partial charge in [0.2, 0.25) is 10.0 Å². The lowest BCUT2D eigenvalue weighted by atomic mass is 10.1. The number of carbonyl (C=O) groups excluding carboxylic acids is 1. The first kappa shape index (κ1) is 16.0. The number of piperazine rings is 1. The van der Waals surface area contributed by atoms with Crippen molar-refractivity contribution in [2.45, 2.75) is 37.8 Å². The molecule has 0 atom stereocenters. The summed E-state index contributed by atoms with van der Waals surface area (Å²) in [6.07, 6.45) is 5.93. The minimum absolute atomic E-state index is 0.0435. The maximum atomic E-state index is 12.3. The van der Waals surface area contributed by atoms with Crippen molar-refractivity contribution < 1.29 is 13.2 Å². The van der Waals surface area contributed by atoms with E-state index in [9.17, 15) is 13.2 Å². The van der Waals surface area contributed by atoms with Crippen LogP contribution in [0.3, 0.4) is 0 Å². The second-order valence-corrected chi connectivity index (χ2v) is 8.62. The molecule has 0 unspecified atom stereocenters. The van der Waals surface area contributed by atoms with E-state index in [4.69, 9.17) is 0 Å². The Balaban J connectivity index is 1.41. The summed E-state index contributed by atoms with van der Waals surface area (Å²) in [4.78, 5) is 16.6. The maximum Gasteiger partial charge on any atom is 0.317 e. The molecule has 22 heavy (non-hydrogen) atoms. The van der Waals surface area contributed by atoms with E-state index in [0.29, 0.717) is 26.2 Å². The molecule has 2 saturated heterocycles. The molecule has 0 aromatic carbocycles. The number of hydrogen-bond donors (Lipinski definition) is 1. The van der Waals surface area contributed by atoms with Crippen LogP contribution in [0, 0.1) is 0 Å². The minimum atomic E-state index is -3.14. The molecule has 0 spiro atoms. The summed E-state index contributed by atoms with van der Waals surface area (Å²) >= 11 is 0. The van der Waals surface area contributed by atoms with Crippen molar-refractivity contribution in [1.82, 2.24) is 19.4 Å². The van der Waals surface area contributed by atoms with Gasteiger partial charge in [-0.1, -0.05) is 0 Å². The summed E-state index contributed by atoms with van der Waals surface area (Å²) in [5.41, 5.74) is 0. The van der Waals surface area contributed by atoms with Gasteiger partial charge in [0.25, 0.3) is 0 Å². The molecule has 2 amide bonds. The van der Waals surface area contributed by atoms with Crippen molar-refractivity contribution in [1.29, 1.82) is 0 Å². The summed E-state index contributed by atoms with van der Waals surface area (Å²) in [5, 5.41) is 3.11. The third-order valence-electron chi connectivity index (χ3n) is 4.92. The molecule has 0 radical (unpaired) electrons. The fourth-order valence-corrected chi connectivity index (χ4v) is 4.16. The number of sulfonamides is 1. The normalized spacial score (nSPS) is 26.1. The van der Waals surface area contributed by atoms with Crippen molar-refractivity contribution in [2.75, 3.05) is 45.5 Å². The van der Waals surface area contributed by atoms with Gasteiger partial charge in [-0.05, 0) is 25.7 Å². The number of piperidine rings is 1. The fraction of sp³-hybridized carbons (Fsp3) is 0.929. The summed E-state index contributed by atoms with van der Waals surface area (Å²) in [6.45, 7) is 3.90. The Kier molecular flexibility index (Phi) is 4.61. The van der Waals surface area contributed by atoms with E-state index in [1.54, 1.807) is 4.90 Å². The Morgan fingerprint density at radius 2 is 1.55 bits per heavy atom. The van der Waals surface area contributed by atoms with E-state index < -0.39 is 10.0 Å². The number of carbonyl (C=O) groups is 1. The van der Waals surface area contributed by atoms with Gasteiger partial charge in [-0.3, -0.25) is 0 Å². The molecule has 1 aliphatic carbocycles. The van der Waals surface area contributed by atoms with Crippen LogP contribution >= 0.6 is 0 Å². The van der Waals surface area contributed by atoms with Crippen molar-refractivity contribution >= 4 is 16.1 Å². The standard InChI is InChI=1S/C14H26N4O3S/c1-22(20,21)18-10-8-17(9-11-18)14(19)15-12-4-6-16(7-5-12)13-2-3-13/h12-13H,2-11H2,1H3,(H,15,19). The Hall–Kier alpha value is -0.860. The quantitative estimate of drug-likeness (QED) is 0.784. The second-order valence-electron chi connectivity index (χ2n) is 6.64. The summed E-state index contributed by atoms with van der Waals surface area (Å²) in [7, 11) is -3.14. The highest BCUT2D eigenvalue weighted by molar-refractivity contribution is 7.88. The van der Waals surface area contributed by atoms with E-state index in [2.05, 4.69) is 10.2 Å². The predicted molar refractivity (Wildman–Crippen MR) is 84.1 cm³/mol. The average molecular weight is 330 g/mol. The van der Waals surface area contributed by atoms with E-state index in [-0.39, 0.29) is 12.1 Å². The molecule has 7 nitrogen and oxygen atoms in total. The molecule has 0 bridgehead atoms.